The molecule has 0 unspecified atom stereocenters. The van der Waals surface area contributed by atoms with E-state index in [0.29, 0.717) is 5.69 Å². The number of hydrogen-bond acceptors (Lipinski definition) is 3. The Morgan fingerprint density at radius 1 is 1.82 bits per heavy atom. The van der Waals surface area contributed by atoms with Crippen LogP contribution in [0.4, 0.5) is 0 Å². The van der Waals surface area contributed by atoms with Crippen molar-refractivity contribution in [2.24, 2.45) is 12.8 Å². The average Bonchev–Trinajstić information content (AvgIpc) is 2.31. The van der Waals surface area contributed by atoms with E-state index in [2.05, 4.69) is 4.98 Å². The molecule has 0 aliphatic rings. The molecule has 0 aromatic carbocycles. The van der Waals surface area contributed by atoms with Gasteiger partial charge < -0.3 is 10.3 Å². The van der Waals surface area contributed by atoms with Gasteiger partial charge in [-0.3, -0.25) is 4.79 Å². The highest BCUT2D eigenvalue weighted by atomic mass is 16.1. The molecule has 1 aromatic heterocycles. The van der Waals surface area contributed by atoms with E-state index >= 15 is 0 Å². The number of aryl methyl sites for hydroxylation is 2. The van der Waals surface area contributed by atoms with Gasteiger partial charge in [0.05, 0.1) is 6.54 Å². The topological polar surface area (TPSA) is 60.9 Å². The van der Waals surface area contributed by atoms with E-state index in [1.807, 2.05) is 14.0 Å². The number of ketones is 1. The molecule has 0 bridgehead atoms. The SMILES string of the molecule is Cc1nc(C(=O)CN)cn1C. The van der Waals surface area contributed by atoms with Crippen molar-refractivity contribution >= 4 is 5.78 Å². The zero-order valence-electron chi connectivity index (χ0n) is 6.66. The smallest absolute Gasteiger partial charge is 0.196 e. The maximum Gasteiger partial charge on any atom is 0.196 e. The van der Waals surface area contributed by atoms with Crippen LogP contribution in [-0.4, -0.2) is 21.9 Å². The first-order valence-electron chi connectivity index (χ1n) is 3.38. The van der Waals surface area contributed by atoms with Crippen LogP contribution in [0.1, 0.15) is 16.3 Å². The molecule has 0 saturated carbocycles. The lowest BCUT2D eigenvalue weighted by Crippen LogP contribution is -2.13. The van der Waals surface area contributed by atoms with Crippen LogP contribution in [0.5, 0.6) is 0 Å². The Balaban J connectivity index is 2.97. The molecule has 60 valence electrons. The first-order valence-corrected chi connectivity index (χ1v) is 3.38. The first-order chi connectivity index (χ1) is 5.15. The molecule has 0 amide bonds. The molecule has 1 aromatic rings. The van der Waals surface area contributed by atoms with Crippen molar-refractivity contribution in [3.63, 3.8) is 0 Å². The van der Waals surface area contributed by atoms with Crippen LogP contribution in [0.25, 0.3) is 0 Å². The number of nitrogens with zero attached hydrogens (tertiary/aromatic N) is 2. The second kappa shape index (κ2) is 2.84. The molecule has 0 saturated heterocycles. The van der Waals surface area contributed by atoms with Crippen molar-refractivity contribution in [2.75, 3.05) is 6.54 Å². The predicted octanol–water partition coefficient (Wildman–Crippen LogP) is -0.130. The van der Waals surface area contributed by atoms with Gasteiger partial charge in [-0.05, 0) is 6.92 Å². The van der Waals surface area contributed by atoms with E-state index in [1.165, 1.54) is 0 Å². The van der Waals surface area contributed by atoms with Crippen LogP contribution in [0.2, 0.25) is 0 Å². The van der Waals surface area contributed by atoms with Crippen LogP contribution in [0.3, 0.4) is 0 Å². The number of aromatic nitrogens is 2. The van der Waals surface area contributed by atoms with Crippen molar-refractivity contribution in [1.29, 1.82) is 0 Å². The molecule has 2 N–H and O–H groups in total. The lowest BCUT2D eigenvalue weighted by atomic mass is 10.3. The minimum Gasteiger partial charge on any atom is -0.337 e. The molecular weight excluding hydrogens is 142 g/mol. The fourth-order valence-electron chi connectivity index (χ4n) is 0.798. The van der Waals surface area contributed by atoms with Crippen molar-refractivity contribution < 1.29 is 4.79 Å². The van der Waals surface area contributed by atoms with Gasteiger partial charge in [0.2, 0.25) is 0 Å². The monoisotopic (exact) mass is 153 g/mol. The highest BCUT2D eigenvalue weighted by Gasteiger charge is 2.07. The maximum absolute atomic E-state index is 11.0. The minimum absolute atomic E-state index is 0.0243. The maximum atomic E-state index is 11.0. The molecule has 0 radical (unpaired) electrons. The first kappa shape index (κ1) is 7.94. The normalized spacial score (nSPS) is 10.1. The summed E-state index contributed by atoms with van der Waals surface area (Å²) in [6.45, 7) is 1.86. The number of carbonyl (C=O) groups is 1. The van der Waals surface area contributed by atoms with Gasteiger partial charge in [-0.1, -0.05) is 0 Å². The molecule has 1 heterocycles. The van der Waals surface area contributed by atoms with E-state index in [9.17, 15) is 4.79 Å². The Bertz CT molecular complexity index is 258. The lowest BCUT2D eigenvalue weighted by molar-refractivity contribution is 0.0997. The Morgan fingerprint density at radius 2 is 2.45 bits per heavy atom. The van der Waals surface area contributed by atoms with Crippen LogP contribution in [0, 0.1) is 6.92 Å². The molecule has 4 heteroatoms. The summed E-state index contributed by atoms with van der Waals surface area (Å²) in [6.07, 6.45) is 1.69. The standard InChI is InChI=1S/C7H11N3O/c1-5-9-6(4-10(5)2)7(11)3-8/h4H,3,8H2,1-2H3. The second-order valence-corrected chi connectivity index (χ2v) is 2.41. The molecule has 0 atom stereocenters. The largest absolute Gasteiger partial charge is 0.337 e. The molecule has 11 heavy (non-hydrogen) atoms. The number of rotatable bonds is 2. The quantitative estimate of drug-likeness (QED) is 0.602. The summed E-state index contributed by atoms with van der Waals surface area (Å²) in [4.78, 5) is 15.0. The molecule has 0 aliphatic carbocycles. The molecule has 0 aliphatic heterocycles. The molecular formula is C7H11N3O. The number of hydrogen-bond donors (Lipinski definition) is 1. The van der Waals surface area contributed by atoms with E-state index in [1.54, 1.807) is 10.8 Å². The lowest BCUT2D eigenvalue weighted by Gasteiger charge is -1.87. The summed E-state index contributed by atoms with van der Waals surface area (Å²) < 4.78 is 1.79. The van der Waals surface area contributed by atoms with Gasteiger partial charge in [-0.25, -0.2) is 4.98 Å². The summed E-state index contributed by atoms with van der Waals surface area (Å²) >= 11 is 0. The van der Waals surface area contributed by atoms with Crippen LogP contribution >= 0.6 is 0 Å². The van der Waals surface area contributed by atoms with E-state index in [0.717, 1.165) is 5.82 Å². The molecule has 4 nitrogen and oxygen atoms in total. The minimum atomic E-state index is -0.117. The van der Waals surface area contributed by atoms with Gasteiger partial charge >= 0.3 is 0 Å². The van der Waals surface area contributed by atoms with Gasteiger partial charge in [-0.15, -0.1) is 0 Å². The van der Waals surface area contributed by atoms with Crippen LogP contribution in [-0.2, 0) is 7.05 Å². The van der Waals surface area contributed by atoms with Crippen molar-refractivity contribution in [3.05, 3.63) is 17.7 Å². The zero-order chi connectivity index (χ0) is 8.43. The Labute approximate surface area is 65.0 Å². The van der Waals surface area contributed by atoms with Gasteiger partial charge in [-0.2, -0.15) is 0 Å². The third-order valence-electron chi connectivity index (χ3n) is 1.58. The zero-order valence-corrected chi connectivity index (χ0v) is 6.66. The Morgan fingerprint density at radius 3 is 2.82 bits per heavy atom. The third-order valence-corrected chi connectivity index (χ3v) is 1.58. The number of carbonyl (C=O) groups excluding carboxylic acids is 1. The summed E-state index contributed by atoms with van der Waals surface area (Å²) in [5.41, 5.74) is 5.62. The van der Waals surface area contributed by atoms with E-state index in [4.69, 9.17) is 5.73 Å². The highest BCUT2D eigenvalue weighted by molar-refractivity contribution is 5.95. The van der Waals surface area contributed by atoms with Gasteiger partial charge in [0.25, 0.3) is 0 Å². The molecule has 0 spiro atoms. The van der Waals surface area contributed by atoms with E-state index in [-0.39, 0.29) is 12.3 Å². The summed E-state index contributed by atoms with van der Waals surface area (Å²) in [6, 6.07) is 0. The number of Topliss-reactive ketones (excluding diaryl/α,β-unsaturated/α-hetero) is 1. The van der Waals surface area contributed by atoms with E-state index < -0.39 is 0 Å². The number of nitrogens with two attached hydrogens (primary N) is 1. The summed E-state index contributed by atoms with van der Waals surface area (Å²) in [5.74, 6) is 0.704. The van der Waals surface area contributed by atoms with Crippen molar-refractivity contribution in [3.8, 4) is 0 Å². The summed E-state index contributed by atoms with van der Waals surface area (Å²) in [5, 5.41) is 0. The van der Waals surface area contributed by atoms with Crippen LogP contribution < -0.4 is 5.73 Å². The van der Waals surface area contributed by atoms with Gasteiger partial charge in [0, 0.05) is 13.2 Å². The Kier molecular flexibility index (Phi) is 2.05. The second-order valence-electron chi connectivity index (χ2n) is 2.41. The fourth-order valence-corrected chi connectivity index (χ4v) is 0.798. The van der Waals surface area contributed by atoms with Crippen molar-refractivity contribution in [2.45, 2.75) is 6.92 Å². The molecule has 1 rings (SSSR count). The third kappa shape index (κ3) is 1.46. The predicted molar refractivity (Wildman–Crippen MR) is 41.3 cm³/mol. The average molecular weight is 153 g/mol. The Hall–Kier alpha value is -1.16. The van der Waals surface area contributed by atoms with Gasteiger partial charge in [0.1, 0.15) is 11.5 Å². The van der Waals surface area contributed by atoms with Crippen LogP contribution in [0.15, 0.2) is 6.20 Å². The number of imidazole rings is 1. The van der Waals surface area contributed by atoms with Crippen molar-refractivity contribution in [1.82, 2.24) is 9.55 Å². The summed E-state index contributed by atoms with van der Waals surface area (Å²) in [7, 11) is 1.84. The highest BCUT2D eigenvalue weighted by Crippen LogP contribution is 1.99. The van der Waals surface area contributed by atoms with Gasteiger partial charge in [0.15, 0.2) is 5.78 Å². The fraction of sp³-hybridized carbons (Fsp3) is 0.429. The molecule has 0 fully saturated rings.